The van der Waals surface area contributed by atoms with Crippen LogP contribution in [0.5, 0.6) is 0 Å². The fourth-order valence-electron chi connectivity index (χ4n) is 4.39. The van der Waals surface area contributed by atoms with E-state index in [0.717, 1.165) is 13.0 Å². The van der Waals surface area contributed by atoms with Crippen molar-refractivity contribution in [2.75, 3.05) is 20.2 Å². The van der Waals surface area contributed by atoms with Gasteiger partial charge in [0.25, 0.3) is 0 Å². The zero-order valence-corrected chi connectivity index (χ0v) is 14.2. The van der Waals surface area contributed by atoms with Crippen LogP contribution in [0.1, 0.15) is 44.9 Å². The van der Waals surface area contributed by atoms with Crippen LogP contribution in [0, 0.1) is 11.3 Å². The van der Waals surface area contributed by atoms with E-state index in [0.29, 0.717) is 19.4 Å². The number of hydrogen-bond donors (Lipinski definition) is 3. The van der Waals surface area contributed by atoms with Gasteiger partial charge in [0.1, 0.15) is 6.04 Å². The molecule has 134 valence electrons. The molecule has 2 heterocycles. The molecule has 0 radical (unpaired) electrons. The van der Waals surface area contributed by atoms with Crippen LogP contribution in [0.4, 0.5) is 0 Å². The summed E-state index contributed by atoms with van der Waals surface area (Å²) in [6, 6.07) is -1.02. The Labute approximate surface area is 142 Å². The van der Waals surface area contributed by atoms with Crippen LogP contribution in [0.3, 0.4) is 0 Å². The fraction of sp³-hybridized carbons (Fsp3) is 0.824. The summed E-state index contributed by atoms with van der Waals surface area (Å²) < 4.78 is 4.81. The average molecular weight is 337 g/mol. The molecule has 7 heteroatoms. The minimum atomic E-state index is -0.765. The summed E-state index contributed by atoms with van der Waals surface area (Å²) in [6.07, 6.45) is 6.62. The SMILES string of the molecule is COC(=O)C(C[C@@H]1CCNC1=O)NC(=O)[C@@H]1CC2(CCCC2)CN1. The minimum absolute atomic E-state index is 0.0537. The standard InChI is InChI=1S/C17H27N3O4/c1-24-16(23)12(8-11-4-7-18-14(11)21)20-15(22)13-9-17(10-19-13)5-2-3-6-17/h11-13,19H,2-10H2,1H3,(H,18,21)(H,20,22)/t11-,12?,13-/m0/s1. The molecule has 0 aromatic rings. The third-order valence-electron chi connectivity index (χ3n) is 5.83. The maximum Gasteiger partial charge on any atom is 0.328 e. The van der Waals surface area contributed by atoms with Crippen molar-refractivity contribution >= 4 is 17.8 Å². The molecule has 2 aliphatic heterocycles. The molecule has 24 heavy (non-hydrogen) atoms. The Hall–Kier alpha value is -1.63. The molecule has 3 rings (SSSR count). The Balaban J connectivity index is 1.58. The van der Waals surface area contributed by atoms with Crippen LogP contribution in [-0.4, -0.2) is 50.1 Å². The number of ether oxygens (including phenoxy) is 1. The van der Waals surface area contributed by atoms with Gasteiger partial charge in [0.05, 0.1) is 13.2 Å². The molecular formula is C17H27N3O4. The lowest BCUT2D eigenvalue weighted by Crippen LogP contribution is -2.49. The first-order chi connectivity index (χ1) is 11.5. The first-order valence-electron chi connectivity index (χ1n) is 8.92. The lowest BCUT2D eigenvalue weighted by molar-refractivity contribution is -0.146. The molecule has 3 N–H and O–H groups in total. The Bertz CT molecular complexity index is 516. The second-order valence-corrected chi connectivity index (χ2v) is 7.44. The highest BCUT2D eigenvalue weighted by molar-refractivity contribution is 5.88. The average Bonchev–Trinajstić information content (AvgIpc) is 3.30. The van der Waals surface area contributed by atoms with E-state index in [1.165, 1.54) is 32.8 Å². The Morgan fingerprint density at radius 3 is 2.75 bits per heavy atom. The summed E-state index contributed by atoms with van der Waals surface area (Å²) in [6.45, 7) is 1.50. The van der Waals surface area contributed by atoms with Crippen LogP contribution in [0.15, 0.2) is 0 Å². The smallest absolute Gasteiger partial charge is 0.328 e. The normalized spacial score (nSPS) is 29.5. The number of carbonyl (C=O) groups excluding carboxylic acids is 3. The highest BCUT2D eigenvalue weighted by Crippen LogP contribution is 2.44. The van der Waals surface area contributed by atoms with Gasteiger partial charge in [0.15, 0.2) is 0 Å². The third-order valence-corrected chi connectivity index (χ3v) is 5.83. The molecule has 7 nitrogen and oxygen atoms in total. The molecule has 0 bridgehead atoms. The summed E-state index contributed by atoms with van der Waals surface area (Å²) in [7, 11) is 1.30. The minimum Gasteiger partial charge on any atom is -0.467 e. The van der Waals surface area contributed by atoms with E-state index in [2.05, 4.69) is 16.0 Å². The zero-order chi connectivity index (χ0) is 17.2. The molecule has 1 unspecified atom stereocenters. The van der Waals surface area contributed by atoms with Crippen LogP contribution < -0.4 is 16.0 Å². The molecule has 2 amide bonds. The van der Waals surface area contributed by atoms with E-state index in [1.54, 1.807) is 0 Å². The van der Waals surface area contributed by atoms with Gasteiger partial charge in [0, 0.05) is 19.0 Å². The van der Waals surface area contributed by atoms with Gasteiger partial charge in [-0.25, -0.2) is 4.79 Å². The van der Waals surface area contributed by atoms with Gasteiger partial charge in [-0.15, -0.1) is 0 Å². The molecule has 1 spiro atoms. The molecular weight excluding hydrogens is 310 g/mol. The molecule has 3 aliphatic rings. The first-order valence-corrected chi connectivity index (χ1v) is 8.92. The maximum atomic E-state index is 12.6. The number of nitrogens with one attached hydrogen (secondary N) is 3. The van der Waals surface area contributed by atoms with Gasteiger partial charge >= 0.3 is 5.97 Å². The summed E-state index contributed by atoms with van der Waals surface area (Å²) in [5, 5.41) is 8.88. The van der Waals surface area contributed by atoms with Crippen molar-refractivity contribution in [2.24, 2.45) is 11.3 Å². The Morgan fingerprint density at radius 1 is 1.38 bits per heavy atom. The van der Waals surface area contributed by atoms with Crippen molar-refractivity contribution in [2.45, 2.75) is 57.0 Å². The van der Waals surface area contributed by atoms with Crippen molar-refractivity contribution < 1.29 is 19.1 Å². The van der Waals surface area contributed by atoms with Crippen molar-refractivity contribution in [1.82, 2.24) is 16.0 Å². The van der Waals surface area contributed by atoms with Crippen molar-refractivity contribution in [3.63, 3.8) is 0 Å². The molecule has 3 fully saturated rings. The second-order valence-electron chi connectivity index (χ2n) is 7.44. The van der Waals surface area contributed by atoms with E-state index in [-0.39, 0.29) is 29.2 Å². The van der Waals surface area contributed by atoms with E-state index >= 15 is 0 Å². The number of rotatable bonds is 5. The van der Waals surface area contributed by atoms with Gasteiger partial charge in [-0.3, -0.25) is 9.59 Å². The molecule has 2 saturated heterocycles. The number of amides is 2. The number of esters is 1. The molecule has 1 saturated carbocycles. The highest BCUT2D eigenvalue weighted by atomic mass is 16.5. The maximum absolute atomic E-state index is 12.6. The van der Waals surface area contributed by atoms with Gasteiger partial charge in [-0.2, -0.15) is 0 Å². The first kappa shape index (κ1) is 17.2. The third kappa shape index (κ3) is 3.55. The predicted molar refractivity (Wildman–Crippen MR) is 87.0 cm³/mol. The number of carbonyl (C=O) groups is 3. The highest BCUT2D eigenvalue weighted by Gasteiger charge is 2.44. The van der Waals surface area contributed by atoms with Crippen LogP contribution in [-0.2, 0) is 19.1 Å². The lowest BCUT2D eigenvalue weighted by Gasteiger charge is -2.22. The fourth-order valence-corrected chi connectivity index (χ4v) is 4.39. The number of hydrogen-bond acceptors (Lipinski definition) is 5. The van der Waals surface area contributed by atoms with Gasteiger partial charge in [0.2, 0.25) is 11.8 Å². The summed E-state index contributed by atoms with van der Waals surface area (Å²) in [5.41, 5.74) is 0.258. The topological polar surface area (TPSA) is 96.5 Å². The van der Waals surface area contributed by atoms with Crippen LogP contribution in [0.2, 0.25) is 0 Å². The van der Waals surface area contributed by atoms with Crippen molar-refractivity contribution in [3.8, 4) is 0 Å². The Morgan fingerprint density at radius 2 is 2.12 bits per heavy atom. The van der Waals surface area contributed by atoms with Crippen LogP contribution in [0.25, 0.3) is 0 Å². The van der Waals surface area contributed by atoms with Crippen molar-refractivity contribution in [3.05, 3.63) is 0 Å². The monoisotopic (exact) mass is 337 g/mol. The van der Waals surface area contributed by atoms with Gasteiger partial charge in [-0.1, -0.05) is 12.8 Å². The molecule has 3 atom stereocenters. The summed E-state index contributed by atoms with van der Waals surface area (Å²) in [5.74, 6) is -0.946. The predicted octanol–water partition coefficient (Wildman–Crippen LogP) is 0.0927. The van der Waals surface area contributed by atoms with Crippen molar-refractivity contribution in [1.29, 1.82) is 0 Å². The van der Waals surface area contributed by atoms with E-state index in [4.69, 9.17) is 4.74 Å². The second kappa shape index (κ2) is 7.09. The summed E-state index contributed by atoms with van der Waals surface area (Å²) in [4.78, 5) is 36.4. The van der Waals surface area contributed by atoms with E-state index in [1.807, 2.05) is 0 Å². The zero-order valence-electron chi connectivity index (χ0n) is 14.2. The van der Waals surface area contributed by atoms with Gasteiger partial charge in [-0.05, 0) is 37.5 Å². The molecule has 0 aromatic heterocycles. The molecule has 1 aliphatic carbocycles. The van der Waals surface area contributed by atoms with E-state index in [9.17, 15) is 14.4 Å². The van der Waals surface area contributed by atoms with Gasteiger partial charge < -0.3 is 20.7 Å². The Kier molecular flexibility index (Phi) is 5.08. The number of methoxy groups -OCH3 is 1. The lowest BCUT2D eigenvalue weighted by atomic mass is 9.84. The molecule has 0 aromatic carbocycles. The largest absolute Gasteiger partial charge is 0.467 e. The summed E-state index contributed by atoms with van der Waals surface area (Å²) >= 11 is 0. The quantitative estimate of drug-likeness (QED) is 0.618. The van der Waals surface area contributed by atoms with Crippen LogP contribution >= 0.6 is 0 Å². The van der Waals surface area contributed by atoms with E-state index < -0.39 is 12.0 Å².